The first-order chi connectivity index (χ1) is 10.8. The van der Waals surface area contributed by atoms with Gasteiger partial charge in [0.2, 0.25) is 0 Å². The molecule has 0 aromatic rings. The summed E-state index contributed by atoms with van der Waals surface area (Å²) >= 11 is 0. The van der Waals surface area contributed by atoms with Crippen LogP contribution in [-0.4, -0.2) is 42.8 Å². The number of ether oxygens (including phenoxy) is 2. The van der Waals surface area contributed by atoms with E-state index in [-0.39, 0.29) is 13.2 Å². The van der Waals surface area contributed by atoms with Crippen molar-refractivity contribution in [2.45, 2.75) is 77.0 Å². The zero-order valence-electron chi connectivity index (χ0n) is 13.9. The van der Waals surface area contributed by atoms with E-state index in [0.717, 1.165) is 77.0 Å². The van der Waals surface area contributed by atoms with Gasteiger partial charge in [-0.1, -0.05) is 51.4 Å². The summed E-state index contributed by atoms with van der Waals surface area (Å²) in [5.74, 6) is 0. The van der Waals surface area contributed by atoms with Crippen molar-refractivity contribution < 1.29 is 24.5 Å². The molecule has 5 nitrogen and oxygen atoms in total. The fourth-order valence-electron chi connectivity index (χ4n) is 2.19. The molecule has 0 saturated heterocycles. The molecule has 0 aromatic heterocycles. The Morgan fingerprint density at radius 3 is 1.23 bits per heavy atom. The van der Waals surface area contributed by atoms with Gasteiger partial charge in [-0.3, -0.25) is 0 Å². The molecule has 0 fully saturated rings. The van der Waals surface area contributed by atoms with Crippen LogP contribution in [0.5, 0.6) is 0 Å². The minimum atomic E-state index is -0.555. The molecule has 0 atom stereocenters. The van der Waals surface area contributed by atoms with Crippen LogP contribution in [0.2, 0.25) is 0 Å². The summed E-state index contributed by atoms with van der Waals surface area (Å²) in [6, 6.07) is 0. The average molecular weight is 318 g/mol. The highest BCUT2D eigenvalue weighted by atomic mass is 16.7. The Kier molecular flexibility index (Phi) is 17.6. The van der Waals surface area contributed by atoms with E-state index in [1.165, 1.54) is 0 Å². The minimum Gasteiger partial charge on any atom is -0.434 e. The molecule has 0 amide bonds. The van der Waals surface area contributed by atoms with E-state index in [4.69, 9.17) is 19.7 Å². The zero-order chi connectivity index (χ0) is 16.3. The third-order valence-electron chi connectivity index (χ3n) is 3.54. The number of hydrogen-bond donors (Lipinski definition) is 2. The molecular weight excluding hydrogens is 284 g/mol. The maximum absolute atomic E-state index is 11.3. The molecule has 0 heterocycles. The maximum atomic E-state index is 11.3. The molecule has 0 aliphatic carbocycles. The van der Waals surface area contributed by atoms with E-state index in [2.05, 4.69) is 0 Å². The van der Waals surface area contributed by atoms with Gasteiger partial charge in [-0.15, -0.1) is 0 Å². The van der Waals surface area contributed by atoms with Gasteiger partial charge in [0, 0.05) is 13.2 Å². The van der Waals surface area contributed by atoms with Crippen LogP contribution in [0.3, 0.4) is 0 Å². The van der Waals surface area contributed by atoms with Crippen molar-refractivity contribution in [3.05, 3.63) is 0 Å². The predicted molar refractivity (Wildman–Crippen MR) is 86.9 cm³/mol. The third-order valence-corrected chi connectivity index (χ3v) is 3.54. The predicted octanol–water partition coefficient (Wildman–Crippen LogP) is 3.81. The van der Waals surface area contributed by atoms with E-state index in [9.17, 15) is 4.79 Å². The van der Waals surface area contributed by atoms with Crippen LogP contribution in [0.4, 0.5) is 4.79 Å². The van der Waals surface area contributed by atoms with Crippen molar-refractivity contribution in [1.29, 1.82) is 0 Å². The van der Waals surface area contributed by atoms with Crippen molar-refractivity contribution in [3.63, 3.8) is 0 Å². The summed E-state index contributed by atoms with van der Waals surface area (Å²) in [4.78, 5) is 11.3. The van der Waals surface area contributed by atoms with E-state index in [1.807, 2.05) is 0 Å². The highest BCUT2D eigenvalue weighted by molar-refractivity contribution is 5.59. The molecule has 0 spiro atoms. The summed E-state index contributed by atoms with van der Waals surface area (Å²) in [5, 5.41) is 17.3. The van der Waals surface area contributed by atoms with Gasteiger partial charge in [-0.05, 0) is 25.7 Å². The van der Waals surface area contributed by atoms with Crippen LogP contribution in [0, 0.1) is 0 Å². The Bertz CT molecular complexity index is 211. The molecule has 2 N–H and O–H groups in total. The van der Waals surface area contributed by atoms with Gasteiger partial charge in [0.15, 0.2) is 0 Å². The summed E-state index contributed by atoms with van der Waals surface area (Å²) in [5.41, 5.74) is 0. The average Bonchev–Trinajstić information content (AvgIpc) is 2.52. The van der Waals surface area contributed by atoms with Gasteiger partial charge in [0.25, 0.3) is 0 Å². The van der Waals surface area contributed by atoms with Crippen LogP contribution < -0.4 is 0 Å². The molecule has 5 heteroatoms. The number of aliphatic hydroxyl groups is 2. The third kappa shape index (κ3) is 17.2. The Morgan fingerprint density at radius 1 is 0.545 bits per heavy atom. The Balaban J connectivity index is 3.13. The lowest BCUT2D eigenvalue weighted by molar-refractivity contribution is 0.0528. The SMILES string of the molecule is O=C(OCCCCCCCCO)OCCCCCCCCO. The molecule has 0 aliphatic heterocycles. The normalized spacial score (nSPS) is 10.6. The summed E-state index contributed by atoms with van der Waals surface area (Å²) < 4.78 is 10.0. The van der Waals surface area contributed by atoms with Crippen molar-refractivity contribution in [1.82, 2.24) is 0 Å². The van der Waals surface area contributed by atoms with Crippen LogP contribution in [0.15, 0.2) is 0 Å². The van der Waals surface area contributed by atoms with Crippen LogP contribution in [0.1, 0.15) is 77.0 Å². The molecule has 0 unspecified atom stereocenters. The first-order valence-electron chi connectivity index (χ1n) is 8.82. The highest BCUT2D eigenvalue weighted by Crippen LogP contribution is 2.06. The highest BCUT2D eigenvalue weighted by Gasteiger charge is 2.03. The Hall–Kier alpha value is -0.810. The van der Waals surface area contributed by atoms with Gasteiger partial charge in [-0.2, -0.15) is 0 Å². The molecule has 0 radical (unpaired) electrons. The van der Waals surface area contributed by atoms with Gasteiger partial charge < -0.3 is 19.7 Å². The smallest absolute Gasteiger partial charge is 0.434 e. The van der Waals surface area contributed by atoms with Crippen molar-refractivity contribution in [3.8, 4) is 0 Å². The fraction of sp³-hybridized carbons (Fsp3) is 0.941. The van der Waals surface area contributed by atoms with Crippen molar-refractivity contribution >= 4 is 6.16 Å². The number of rotatable bonds is 16. The monoisotopic (exact) mass is 318 g/mol. The Morgan fingerprint density at radius 2 is 0.864 bits per heavy atom. The molecular formula is C17H34O5. The molecule has 0 aromatic carbocycles. The second-order valence-corrected chi connectivity index (χ2v) is 5.64. The first-order valence-corrected chi connectivity index (χ1v) is 8.82. The van der Waals surface area contributed by atoms with E-state index < -0.39 is 6.16 Å². The molecule has 0 bridgehead atoms. The molecule has 0 rings (SSSR count). The van der Waals surface area contributed by atoms with Crippen LogP contribution in [0.25, 0.3) is 0 Å². The maximum Gasteiger partial charge on any atom is 0.508 e. The lowest BCUT2D eigenvalue weighted by Gasteiger charge is -2.06. The van der Waals surface area contributed by atoms with E-state index in [0.29, 0.717) is 13.2 Å². The van der Waals surface area contributed by atoms with Crippen molar-refractivity contribution in [2.75, 3.05) is 26.4 Å². The Labute approximate surface area is 135 Å². The largest absolute Gasteiger partial charge is 0.508 e. The van der Waals surface area contributed by atoms with E-state index >= 15 is 0 Å². The standard InChI is InChI=1S/C17H34O5/c18-13-9-5-1-3-7-11-15-21-17(20)22-16-12-8-4-2-6-10-14-19/h18-19H,1-16H2. The molecule has 0 aliphatic rings. The molecule has 0 saturated carbocycles. The number of hydrogen-bond acceptors (Lipinski definition) is 5. The van der Waals surface area contributed by atoms with E-state index in [1.54, 1.807) is 0 Å². The first kappa shape index (κ1) is 21.2. The lowest BCUT2D eigenvalue weighted by atomic mass is 10.1. The molecule has 22 heavy (non-hydrogen) atoms. The number of carbonyl (C=O) groups excluding carboxylic acids is 1. The molecule has 132 valence electrons. The zero-order valence-corrected chi connectivity index (χ0v) is 13.9. The number of aliphatic hydroxyl groups excluding tert-OH is 2. The van der Waals surface area contributed by atoms with Crippen molar-refractivity contribution in [2.24, 2.45) is 0 Å². The van der Waals surface area contributed by atoms with Gasteiger partial charge in [-0.25, -0.2) is 4.79 Å². The van der Waals surface area contributed by atoms with Crippen LogP contribution >= 0.6 is 0 Å². The quantitative estimate of drug-likeness (QED) is 0.334. The summed E-state index contributed by atoms with van der Waals surface area (Å²) in [7, 11) is 0. The fourth-order valence-corrected chi connectivity index (χ4v) is 2.19. The number of carbonyl (C=O) groups is 1. The summed E-state index contributed by atoms with van der Waals surface area (Å²) in [6.45, 7) is 1.41. The minimum absolute atomic E-state index is 0.275. The number of unbranched alkanes of at least 4 members (excludes halogenated alkanes) is 10. The van der Waals surface area contributed by atoms with Gasteiger partial charge in [0.05, 0.1) is 13.2 Å². The summed E-state index contributed by atoms with van der Waals surface area (Å²) in [6.07, 6.45) is 11.7. The lowest BCUT2D eigenvalue weighted by Crippen LogP contribution is -2.09. The van der Waals surface area contributed by atoms with Crippen LogP contribution in [-0.2, 0) is 9.47 Å². The van der Waals surface area contributed by atoms with Gasteiger partial charge >= 0.3 is 6.16 Å². The second-order valence-electron chi connectivity index (χ2n) is 5.64. The second kappa shape index (κ2) is 18.2. The van der Waals surface area contributed by atoms with Gasteiger partial charge in [0.1, 0.15) is 0 Å². The topological polar surface area (TPSA) is 76.0 Å².